The fraction of sp³-hybridized carbons (Fsp3) is 0.150. The maximum Gasteiger partial charge on any atom is 0.261 e. The average molecular weight is 337 g/mol. The number of nitrogens with one attached hydrogen (secondary N) is 1. The van der Waals surface area contributed by atoms with Crippen molar-refractivity contribution in [1.29, 1.82) is 0 Å². The molecule has 0 fully saturated rings. The van der Waals surface area contributed by atoms with Crippen molar-refractivity contribution in [2.24, 2.45) is 0 Å². The number of hydrogen-bond acceptors (Lipinski definition) is 3. The van der Waals surface area contributed by atoms with Gasteiger partial charge in [0.15, 0.2) is 6.10 Å². The molecule has 0 aliphatic carbocycles. The van der Waals surface area contributed by atoms with Crippen LogP contribution in [0.2, 0.25) is 0 Å². The second-order valence-corrected chi connectivity index (χ2v) is 6.42. The number of carbonyl (C=O) groups excluding carboxylic acids is 1. The van der Waals surface area contributed by atoms with E-state index in [1.165, 1.54) is 0 Å². The predicted octanol–water partition coefficient (Wildman–Crippen LogP) is 4.42. The van der Waals surface area contributed by atoms with E-state index in [9.17, 15) is 4.79 Å². The predicted molar refractivity (Wildman–Crippen MR) is 97.3 cm³/mol. The van der Waals surface area contributed by atoms with Crippen molar-refractivity contribution in [2.75, 3.05) is 0 Å². The molecule has 1 N–H and O–H groups in total. The van der Waals surface area contributed by atoms with E-state index >= 15 is 0 Å². The van der Waals surface area contributed by atoms with Crippen LogP contribution in [0.15, 0.2) is 78.2 Å². The van der Waals surface area contributed by atoms with Crippen molar-refractivity contribution in [3.63, 3.8) is 0 Å². The quantitative estimate of drug-likeness (QED) is 0.723. The Balaban J connectivity index is 1.74. The van der Waals surface area contributed by atoms with Gasteiger partial charge in [0, 0.05) is 4.88 Å². The summed E-state index contributed by atoms with van der Waals surface area (Å²) < 4.78 is 5.72. The van der Waals surface area contributed by atoms with Crippen LogP contribution in [0, 0.1) is 0 Å². The van der Waals surface area contributed by atoms with E-state index in [1.807, 2.05) is 78.2 Å². The molecule has 0 aliphatic rings. The fourth-order valence-electron chi connectivity index (χ4n) is 2.44. The van der Waals surface area contributed by atoms with E-state index in [0.717, 1.165) is 10.4 Å². The highest BCUT2D eigenvalue weighted by Gasteiger charge is 2.22. The lowest BCUT2D eigenvalue weighted by molar-refractivity contribution is -0.127. The van der Waals surface area contributed by atoms with Crippen LogP contribution in [0.25, 0.3) is 0 Å². The van der Waals surface area contributed by atoms with Gasteiger partial charge in [-0.05, 0) is 36.1 Å². The van der Waals surface area contributed by atoms with Crippen LogP contribution in [0.1, 0.15) is 23.4 Å². The van der Waals surface area contributed by atoms with E-state index in [-0.39, 0.29) is 11.9 Å². The summed E-state index contributed by atoms with van der Waals surface area (Å²) in [4.78, 5) is 13.7. The molecular weight excluding hydrogens is 318 g/mol. The minimum absolute atomic E-state index is 0.138. The third kappa shape index (κ3) is 4.03. The molecule has 24 heavy (non-hydrogen) atoms. The Bertz CT molecular complexity index is 757. The molecule has 122 valence electrons. The van der Waals surface area contributed by atoms with Crippen LogP contribution in [-0.2, 0) is 4.79 Å². The van der Waals surface area contributed by atoms with Gasteiger partial charge >= 0.3 is 0 Å². The van der Waals surface area contributed by atoms with Crippen molar-refractivity contribution in [2.45, 2.75) is 19.1 Å². The molecule has 2 atom stereocenters. The molecule has 1 heterocycles. The SMILES string of the molecule is CC(Oc1ccccc1)C(=O)NC(c1ccccc1)c1cccs1. The van der Waals surface area contributed by atoms with Gasteiger partial charge in [-0.1, -0.05) is 54.6 Å². The molecule has 3 nitrogen and oxygen atoms in total. The highest BCUT2D eigenvalue weighted by atomic mass is 32.1. The topological polar surface area (TPSA) is 38.3 Å². The summed E-state index contributed by atoms with van der Waals surface area (Å²) in [5.41, 5.74) is 1.06. The zero-order valence-electron chi connectivity index (χ0n) is 13.4. The Morgan fingerprint density at radius 1 is 0.958 bits per heavy atom. The Kier molecular flexibility index (Phi) is 5.29. The number of ether oxygens (including phenoxy) is 1. The van der Waals surface area contributed by atoms with E-state index in [1.54, 1.807) is 18.3 Å². The Morgan fingerprint density at radius 2 is 1.62 bits per heavy atom. The van der Waals surface area contributed by atoms with E-state index in [0.29, 0.717) is 5.75 Å². The molecule has 3 aromatic rings. The van der Waals surface area contributed by atoms with Crippen molar-refractivity contribution in [3.05, 3.63) is 88.6 Å². The molecule has 4 heteroatoms. The number of thiophene rings is 1. The number of carbonyl (C=O) groups is 1. The molecular formula is C20H19NO2S. The molecule has 0 spiro atoms. The summed E-state index contributed by atoms with van der Waals surface area (Å²) in [5.74, 6) is 0.550. The van der Waals surface area contributed by atoms with Gasteiger partial charge in [0.05, 0.1) is 6.04 Å². The highest BCUT2D eigenvalue weighted by Crippen LogP contribution is 2.26. The zero-order valence-corrected chi connectivity index (χ0v) is 14.2. The largest absolute Gasteiger partial charge is 0.481 e. The van der Waals surface area contributed by atoms with Crippen LogP contribution >= 0.6 is 11.3 Å². The minimum Gasteiger partial charge on any atom is -0.481 e. The summed E-state index contributed by atoms with van der Waals surface area (Å²) in [6.07, 6.45) is -0.571. The smallest absolute Gasteiger partial charge is 0.261 e. The number of para-hydroxylation sites is 1. The van der Waals surface area contributed by atoms with Crippen molar-refractivity contribution in [1.82, 2.24) is 5.32 Å². The first-order valence-corrected chi connectivity index (χ1v) is 8.72. The lowest BCUT2D eigenvalue weighted by atomic mass is 10.1. The zero-order chi connectivity index (χ0) is 16.8. The maximum atomic E-state index is 12.6. The molecule has 0 saturated heterocycles. The van der Waals surface area contributed by atoms with Crippen molar-refractivity contribution < 1.29 is 9.53 Å². The first kappa shape index (κ1) is 16.3. The van der Waals surface area contributed by atoms with Gasteiger partial charge in [0.1, 0.15) is 5.75 Å². The van der Waals surface area contributed by atoms with Gasteiger partial charge in [-0.3, -0.25) is 4.79 Å². The maximum absolute atomic E-state index is 12.6. The van der Waals surface area contributed by atoms with E-state index in [2.05, 4.69) is 5.32 Å². The Labute approximate surface area is 145 Å². The van der Waals surface area contributed by atoms with Crippen LogP contribution in [0.5, 0.6) is 5.75 Å². The second kappa shape index (κ2) is 7.79. The standard InChI is InChI=1S/C20H19NO2S/c1-15(23-17-11-6-3-7-12-17)20(22)21-19(18-13-8-14-24-18)16-9-4-2-5-10-16/h2-15,19H,1H3,(H,21,22). The van der Waals surface area contributed by atoms with Gasteiger partial charge < -0.3 is 10.1 Å². The number of amides is 1. The molecule has 0 saturated carbocycles. The van der Waals surface area contributed by atoms with Gasteiger partial charge in [0.2, 0.25) is 0 Å². The monoisotopic (exact) mass is 337 g/mol. The Morgan fingerprint density at radius 3 is 2.25 bits per heavy atom. The van der Waals surface area contributed by atoms with E-state index < -0.39 is 6.10 Å². The summed E-state index contributed by atoms with van der Waals surface area (Å²) in [7, 11) is 0. The minimum atomic E-state index is -0.571. The third-order valence-corrected chi connectivity index (χ3v) is 4.61. The second-order valence-electron chi connectivity index (χ2n) is 5.44. The summed E-state index contributed by atoms with van der Waals surface area (Å²) in [6, 6.07) is 23.2. The van der Waals surface area contributed by atoms with Crippen molar-refractivity contribution in [3.8, 4) is 5.75 Å². The molecule has 0 bridgehead atoms. The van der Waals surface area contributed by atoms with Gasteiger partial charge in [-0.2, -0.15) is 0 Å². The normalized spacial score (nSPS) is 13.0. The van der Waals surface area contributed by atoms with Gasteiger partial charge in [0.25, 0.3) is 5.91 Å². The lowest BCUT2D eigenvalue weighted by Crippen LogP contribution is -2.38. The van der Waals surface area contributed by atoms with Crippen LogP contribution in [0.3, 0.4) is 0 Å². The average Bonchev–Trinajstić information content (AvgIpc) is 3.15. The third-order valence-electron chi connectivity index (χ3n) is 3.67. The summed E-state index contributed by atoms with van der Waals surface area (Å²) >= 11 is 1.63. The van der Waals surface area contributed by atoms with Crippen molar-refractivity contribution >= 4 is 17.2 Å². The fourth-order valence-corrected chi connectivity index (χ4v) is 3.24. The van der Waals surface area contributed by atoms with E-state index in [4.69, 9.17) is 4.74 Å². The number of rotatable bonds is 6. The van der Waals surface area contributed by atoms with Crippen LogP contribution in [-0.4, -0.2) is 12.0 Å². The number of benzene rings is 2. The van der Waals surface area contributed by atoms with Gasteiger partial charge in [-0.25, -0.2) is 0 Å². The first-order valence-electron chi connectivity index (χ1n) is 7.84. The molecule has 0 radical (unpaired) electrons. The molecule has 2 unspecified atom stereocenters. The molecule has 1 aromatic heterocycles. The first-order chi connectivity index (χ1) is 11.7. The number of hydrogen-bond donors (Lipinski definition) is 1. The molecule has 0 aliphatic heterocycles. The summed E-state index contributed by atoms with van der Waals surface area (Å²) in [6.45, 7) is 1.76. The lowest BCUT2D eigenvalue weighted by Gasteiger charge is -2.21. The summed E-state index contributed by atoms with van der Waals surface area (Å²) in [5, 5.41) is 5.12. The van der Waals surface area contributed by atoms with Gasteiger partial charge in [-0.15, -0.1) is 11.3 Å². The molecule has 3 rings (SSSR count). The van der Waals surface area contributed by atoms with Crippen LogP contribution in [0.4, 0.5) is 0 Å². The highest BCUT2D eigenvalue weighted by molar-refractivity contribution is 7.10. The molecule has 1 amide bonds. The molecule has 2 aromatic carbocycles. The van der Waals surface area contributed by atoms with Crippen LogP contribution < -0.4 is 10.1 Å². The Hall–Kier alpha value is -2.59.